The highest BCUT2D eigenvalue weighted by Crippen LogP contribution is 2.15. The van der Waals surface area contributed by atoms with Crippen LogP contribution in [0, 0.1) is 6.92 Å². The highest BCUT2D eigenvalue weighted by molar-refractivity contribution is 6.33. The number of rotatable bonds is 5. The van der Waals surface area contributed by atoms with E-state index in [0.29, 0.717) is 17.2 Å². The number of esters is 1. The van der Waals surface area contributed by atoms with Gasteiger partial charge in [0.15, 0.2) is 0 Å². The van der Waals surface area contributed by atoms with Gasteiger partial charge in [-0.1, -0.05) is 11.6 Å². The number of aromatic nitrogens is 1. The maximum atomic E-state index is 11.7. The van der Waals surface area contributed by atoms with Crippen LogP contribution in [-0.2, 0) is 9.53 Å². The van der Waals surface area contributed by atoms with Crippen LogP contribution < -0.4 is 5.32 Å². The van der Waals surface area contributed by atoms with E-state index in [1.807, 2.05) is 0 Å². The number of hydrogen-bond acceptors (Lipinski definition) is 4. The van der Waals surface area contributed by atoms with Gasteiger partial charge in [0.05, 0.1) is 23.6 Å². The Labute approximate surface area is 110 Å². The van der Waals surface area contributed by atoms with Crippen molar-refractivity contribution in [2.24, 2.45) is 0 Å². The first-order chi connectivity index (χ1) is 8.54. The summed E-state index contributed by atoms with van der Waals surface area (Å²) in [4.78, 5) is 26.8. The normalized spacial score (nSPS) is 9.94. The van der Waals surface area contributed by atoms with Crippen LogP contribution in [0.3, 0.4) is 0 Å². The maximum absolute atomic E-state index is 11.7. The summed E-state index contributed by atoms with van der Waals surface area (Å²) in [5.41, 5.74) is 1.04. The Morgan fingerprint density at radius 3 is 2.83 bits per heavy atom. The molecular weight excluding hydrogens is 256 g/mol. The molecule has 0 bridgehead atoms. The monoisotopic (exact) mass is 270 g/mol. The molecule has 0 aromatic carbocycles. The largest absolute Gasteiger partial charge is 0.466 e. The third-order valence-corrected chi connectivity index (χ3v) is 2.47. The summed E-state index contributed by atoms with van der Waals surface area (Å²) in [6.07, 6.45) is 1.55. The van der Waals surface area contributed by atoms with Crippen LogP contribution >= 0.6 is 11.6 Å². The molecule has 1 aromatic rings. The van der Waals surface area contributed by atoms with E-state index in [2.05, 4.69) is 10.3 Å². The van der Waals surface area contributed by atoms with E-state index in [1.54, 1.807) is 19.9 Å². The standard InChI is InChI=1S/C12H15ClN2O3/c1-3-18-11(16)4-5-14-12(17)9-7-15-8(2)6-10(9)13/h6-7H,3-5H2,1-2H3,(H,14,17). The molecule has 1 heterocycles. The third-order valence-electron chi connectivity index (χ3n) is 2.15. The van der Waals surface area contributed by atoms with Gasteiger partial charge in [-0.2, -0.15) is 0 Å². The number of carbonyl (C=O) groups is 2. The Morgan fingerprint density at radius 2 is 2.22 bits per heavy atom. The van der Waals surface area contributed by atoms with E-state index < -0.39 is 0 Å². The molecule has 0 radical (unpaired) electrons. The van der Waals surface area contributed by atoms with Gasteiger partial charge in [0.2, 0.25) is 0 Å². The number of aryl methyl sites for hydroxylation is 1. The number of ether oxygens (including phenoxy) is 1. The van der Waals surface area contributed by atoms with Gasteiger partial charge in [-0.3, -0.25) is 14.6 Å². The average Bonchev–Trinajstić information content (AvgIpc) is 2.29. The lowest BCUT2D eigenvalue weighted by Crippen LogP contribution is -2.27. The first-order valence-corrected chi connectivity index (χ1v) is 5.98. The van der Waals surface area contributed by atoms with Crippen molar-refractivity contribution in [3.63, 3.8) is 0 Å². The molecule has 0 unspecified atom stereocenters. The summed E-state index contributed by atoms with van der Waals surface area (Å²) in [7, 11) is 0. The lowest BCUT2D eigenvalue weighted by atomic mass is 10.2. The molecule has 0 aliphatic rings. The van der Waals surface area contributed by atoms with Crippen LogP contribution in [0.15, 0.2) is 12.3 Å². The first kappa shape index (κ1) is 14.4. The number of hydrogen-bond donors (Lipinski definition) is 1. The van der Waals surface area contributed by atoms with Crippen molar-refractivity contribution in [2.75, 3.05) is 13.2 Å². The van der Waals surface area contributed by atoms with Gasteiger partial charge in [0, 0.05) is 18.4 Å². The molecule has 18 heavy (non-hydrogen) atoms. The van der Waals surface area contributed by atoms with Gasteiger partial charge in [0.1, 0.15) is 0 Å². The van der Waals surface area contributed by atoms with Crippen molar-refractivity contribution in [1.82, 2.24) is 10.3 Å². The number of nitrogens with one attached hydrogen (secondary N) is 1. The van der Waals surface area contributed by atoms with Gasteiger partial charge in [0.25, 0.3) is 5.91 Å². The molecule has 0 aliphatic carbocycles. The van der Waals surface area contributed by atoms with Gasteiger partial charge in [-0.05, 0) is 19.9 Å². The lowest BCUT2D eigenvalue weighted by molar-refractivity contribution is -0.142. The minimum atomic E-state index is -0.350. The summed E-state index contributed by atoms with van der Waals surface area (Å²) in [6, 6.07) is 1.61. The predicted octanol–water partition coefficient (Wildman–Crippen LogP) is 1.73. The smallest absolute Gasteiger partial charge is 0.307 e. The summed E-state index contributed by atoms with van der Waals surface area (Å²) < 4.78 is 4.74. The summed E-state index contributed by atoms with van der Waals surface area (Å²) >= 11 is 5.92. The Bertz CT molecular complexity index is 449. The number of amides is 1. The van der Waals surface area contributed by atoms with Crippen molar-refractivity contribution in [2.45, 2.75) is 20.3 Å². The van der Waals surface area contributed by atoms with Crippen LogP contribution in [0.4, 0.5) is 0 Å². The van der Waals surface area contributed by atoms with Crippen LogP contribution in [0.25, 0.3) is 0 Å². The molecule has 0 saturated carbocycles. The van der Waals surface area contributed by atoms with E-state index in [0.717, 1.165) is 5.69 Å². The third kappa shape index (κ3) is 4.33. The SMILES string of the molecule is CCOC(=O)CCNC(=O)c1cnc(C)cc1Cl. The molecule has 1 rings (SSSR count). The Balaban J connectivity index is 2.48. The van der Waals surface area contributed by atoms with Crippen molar-refractivity contribution < 1.29 is 14.3 Å². The van der Waals surface area contributed by atoms with Crippen molar-refractivity contribution in [1.29, 1.82) is 0 Å². The molecule has 0 atom stereocenters. The summed E-state index contributed by atoms with van der Waals surface area (Å²) in [5.74, 6) is -0.692. The lowest BCUT2D eigenvalue weighted by Gasteiger charge is -2.06. The van der Waals surface area contributed by atoms with E-state index in [-0.39, 0.29) is 24.8 Å². The first-order valence-electron chi connectivity index (χ1n) is 5.60. The fraction of sp³-hybridized carbons (Fsp3) is 0.417. The van der Waals surface area contributed by atoms with Crippen molar-refractivity contribution >= 4 is 23.5 Å². The minimum absolute atomic E-state index is 0.135. The molecule has 98 valence electrons. The second-order valence-electron chi connectivity index (χ2n) is 3.62. The Hall–Kier alpha value is -1.62. The Kier molecular flexibility index (Phi) is 5.58. The molecule has 6 heteroatoms. The minimum Gasteiger partial charge on any atom is -0.466 e. The molecular formula is C12H15ClN2O3. The summed E-state index contributed by atoms with van der Waals surface area (Å²) in [6.45, 7) is 4.06. The highest BCUT2D eigenvalue weighted by atomic mass is 35.5. The average molecular weight is 271 g/mol. The molecule has 1 amide bonds. The zero-order valence-corrected chi connectivity index (χ0v) is 11.1. The maximum Gasteiger partial charge on any atom is 0.307 e. The van der Waals surface area contributed by atoms with Gasteiger partial charge >= 0.3 is 5.97 Å². The van der Waals surface area contributed by atoms with Gasteiger partial charge < -0.3 is 10.1 Å². The van der Waals surface area contributed by atoms with Crippen LogP contribution in [0.1, 0.15) is 29.4 Å². The second-order valence-corrected chi connectivity index (χ2v) is 4.02. The molecule has 0 aliphatic heterocycles. The molecule has 0 fully saturated rings. The van der Waals surface area contributed by atoms with Crippen LogP contribution in [0.5, 0.6) is 0 Å². The van der Waals surface area contributed by atoms with Crippen molar-refractivity contribution in [3.05, 3.63) is 28.5 Å². The van der Waals surface area contributed by atoms with E-state index in [9.17, 15) is 9.59 Å². The predicted molar refractivity (Wildman–Crippen MR) is 67.6 cm³/mol. The van der Waals surface area contributed by atoms with Crippen molar-refractivity contribution in [3.8, 4) is 0 Å². The van der Waals surface area contributed by atoms with E-state index >= 15 is 0 Å². The number of halogens is 1. The Morgan fingerprint density at radius 1 is 1.50 bits per heavy atom. The van der Waals surface area contributed by atoms with Crippen LogP contribution in [0.2, 0.25) is 5.02 Å². The van der Waals surface area contributed by atoms with E-state index in [1.165, 1.54) is 6.20 Å². The molecule has 1 N–H and O–H groups in total. The number of carbonyl (C=O) groups excluding carboxylic acids is 2. The molecule has 0 spiro atoms. The number of nitrogens with zero attached hydrogens (tertiary/aromatic N) is 1. The fourth-order valence-corrected chi connectivity index (χ4v) is 1.59. The zero-order valence-electron chi connectivity index (χ0n) is 10.3. The fourth-order valence-electron chi connectivity index (χ4n) is 1.30. The van der Waals surface area contributed by atoms with E-state index in [4.69, 9.17) is 16.3 Å². The molecule has 0 saturated heterocycles. The van der Waals surface area contributed by atoms with Crippen LogP contribution in [-0.4, -0.2) is 30.0 Å². The molecule has 1 aromatic heterocycles. The zero-order chi connectivity index (χ0) is 13.5. The summed E-state index contributed by atoms with van der Waals surface area (Å²) in [5, 5.41) is 2.93. The number of pyridine rings is 1. The second kappa shape index (κ2) is 6.96. The quantitative estimate of drug-likeness (QED) is 0.828. The molecule has 5 nitrogen and oxygen atoms in total. The highest BCUT2D eigenvalue weighted by Gasteiger charge is 2.11. The topological polar surface area (TPSA) is 68.3 Å². The van der Waals surface area contributed by atoms with Gasteiger partial charge in [-0.15, -0.1) is 0 Å². The van der Waals surface area contributed by atoms with Gasteiger partial charge in [-0.25, -0.2) is 0 Å².